The van der Waals surface area contributed by atoms with Crippen molar-refractivity contribution in [2.24, 2.45) is 0 Å². The van der Waals surface area contributed by atoms with Crippen LogP contribution in [0.1, 0.15) is 16.5 Å². The third kappa shape index (κ3) is 6.69. The molecule has 0 aliphatic rings. The molecule has 1 unspecified atom stereocenters. The number of thioether (sulfide) groups is 1. The Morgan fingerprint density at radius 2 is 1.62 bits per heavy atom. The predicted octanol–water partition coefficient (Wildman–Crippen LogP) is 5.94. The minimum absolute atomic E-state index is 0.0764. The predicted molar refractivity (Wildman–Crippen MR) is 138 cm³/mol. The molecule has 0 spiro atoms. The number of ether oxygens (including phenoxy) is 1. The fourth-order valence-corrected chi connectivity index (χ4v) is 4.81. The van der Waals surface area contributed by atoms with Crippen molar-refractivity contribution in [1.82, 2.24) is 4.98 Å². The Kier molecular flexibility index (Phi) is 7.95. The minimum Gasteiger partial charge on any atom is -0.484 e. The van der Waals surface area contributed by atoms with Gasteiger partial charge in [0.25, 0.3) is 5.91 Å². The number of hydrogen-bond donors (Lipinski definition) is 2. The monoisotopic (exact) mass is 489 g/mol. The van der Waals surface area contributed by atoms with Crippen molar-refractivity contribution in [1.29, 1.82) is 0 Å². The molecule has 1 heterocycles. The summed E-state index contributed by atoms with van der Waals surface area (Å²) in [7, 11) is 0. The van der Waals surface area contributed by atoms with E-state index in [0.29, 0.717) is 16.6 Å². The fraction of sp³-hybridized carbons (Fsp3) is 0.115. The Morgan fingerprint density at radius 1 is 0.941 bits per heavy atom. The van der Waals surface area contributed by atoms with Gasteiger partial charge in [-0.2, -0.15) is 0 Å². The zero-order chi connectivity index (χ0) is 23.8. The highest BCUT2D eigenvalue weighted by molar-refractivity contribution is 8.00. The van der Waals surface area contributed by atoms with E-state index in [0.717, 1.165) is 16.2 Å². The van der Waals surface area contributed by atoms with Gasteiger partial charge in [-0.25, -0.2) is 4.98 Å². The molecule has 172 valence electrons. The van der Waals surface area contributed by atoms with Crippen LogP contribution in [-0.2, 0) is 9.59 Å². The number of carbonyl (C=O) groups excluding carboxylic acids is 2. The molecule has 0 aliphatic carbocycles. The summed E-state index contributed by atoms with van der Waals surface area (Å²) in [4.78, 5) is 30.5. The molecule has 4 aromatic rings. The second-order valence-electron chi connectivity index (χ2n) is 7.37. The summed E-state index contributed by atoms with van der Waals surface area (Å²) in [6.07, 6.45) is 0. The first-order valence-electron chi connectivity index (χ1n) is 10.6. The highest BCUT2D eigenvalue weighted by Gasteiger charge is 2.23. The average Bonchev–Trinajstić information content (AvgIpc) is 3.27. The maximum atomic E-state index is 13.1. The van der Waals surface area contributed by atoms with Gasteiger partial charge in [0, 0.05) is 16.0 Å². The van der Waals surface area contributed by atoms with Gasteiger partial charge >= 0.3 is 0 Å². The summed E-state index contributed by atoms with van der Waals surface area (Å²) in [5.41, 5.74) is 2.43. The number of nitrogens with one attached hydrogen (secondary N) is 2. The van der Waals surface area contributed by atoms with Gasteiger partial charge in [0.05, 0.1) is 5.69 Å². The van der Waals surface area contributed by atoms with Crippen LogP contribution in [0.4, 0.5) is 10.8 Å². The van der Waals surface area contributed by atoms with Gasteiger partial charge in [-0.1, -0.05) is 48.5 Å². The molecule has 2 N–H and O–H groups in total. The minimum atomic E-state index is -0.454. The van der Waals surface area contributed by atoms with Crippen LogP contribution in [0.2, 0.25) is 0 Å². The second kappa shape index (κ2) is 11.5. The van der Waals surface area contributed by atoms with Crippen LogP contribution in [0.15, 0.2) is 95.2 Å². The lowest BCUT2D eigenvalue weighted by atomic mass is 10.1. The molecule has 3 aromatic carbocycles. The van der Waals surface area contributed by atoms with Gasteiger partial charge in [0.15, 0.2) is 11.7 Å². The van der Waals surface area contributed by atoms with Crippen LogP contribution in [0, 0.1) is 6.92 Å². The van der Waals surface area contributed by atoms with Crippen LogP contribution < -0.4 is 15.4 Å². The van der Waals surface area contributed by atoms with Crippen LogP contribution in [0.25, 0.3) is 0 Å². The van der Waals surface area contributed by atoms with Crippen molar-refractivity contribution in [2.45, 2.75) is 17.1 Å². The van der Waals surface area contributed by atoms with Crippen molar-refractivity contribution < 1.29 is 14.3 Å². The number of rotatable bonds is 9. The molecule has 8 heteroatoms. The second-order valence-corrected chi connectivity index (χ2v) is 9.40. The van der Waals surface area contributed by atoms with Gasteiger partial charge in [0.2, 0.25) is 5.91 Å². The number of benzene rings is 3. The first kappa shape index (κ1) is 23.5. The zero-order valence-electron chi connectivity index (χ0n) is 18.4. The van der Waals surface area contributed by atoms with Crippen LogP contribution in [0.3, 0.4) is 0 Å². The highest BCUT2D eigenvalue weighted by Crippen LogP contribution is 2.37. The van der Waals surface area contributed by atoms with Crippen molar-refractivity contribution >= 4 is 45.7 Å². The number of thiazole rings is 1. The SMILES string of the molecule is Cc1csc(NC(=O)C(Sc2ccc(NC(=O)COc3ccccc3)cc2)c2ccccc2)n1. The van der Waals surface area contributed by atoms with E-state index in [1.165, 1.54) is 23.1 Å². The Balaban J connectivity index is 1.39. The van der Waals surface area contributed by atoms with Crippen LogP contribution in [0.5, 0.6) is 5.75 Å². The molecule has 6 nitrogen and oxygen atoms in total. The third-order valence-electron chi connectivity index (χ3n) is 4.69. The molecule has 1 atom stereocenters. The van der Waals surface area contributed by atoms with E-state index in [2.05, 4.69) is 15.6 Å². The van der Waals surface area contributed by atoms with E-state index in [-0.39, 0.29) is 18.4 Å². The van der Waals surface area contributed by atoms with E-state index >= 15 is 0 Å². The molecule has 0 fully saturated rings. The average molecular weight is 490 g/mol. The highest BCUT2D eigenvalue weighted by atomic mass is 32.2. The van der Waals surface area contributed by atoms with Crippen LogP contribution in [-0.4, -0.2) is 23.4 Å². The molecule has 0 bridgehead atoms. The summed E-state index contributed by atoms with van der Waals surface area (Å²) >= 11 is 2.84. The normalized spacial score (nSPS) is 11.4. The van der Waals surface area contributed by atoms with Gasteiger partial charge < -0.3 is 15.4 Å². The molecule has 0 saturated heterocycles. The number of amides is 2. The largest absolute Gasteiger partial charge is 0.484 e. The van der Waals surface area contributed by atoms with E-state index in [1.54, 1.807) is 12.1 Å². The van der Waals surface area contributed by atoms with Gasteiger partial charge in [-0.15, -0.1) is 23.1 Å². The summed E-state index contributed by atoms with van der Waals surface area (Å²) in [6, 6.07) is 26.2. The molecule has 4 rings (SSSR count). The number of anilines is 2. The molecule has 1 aromatic heterocycles. The molecule has 0 saturated carbocycles. The van der Waals surface area contributed by atoms with Crippen molar-refractivity contribution in [3.63, 3.8) is 0 Å². The van der Waals surface area contributed by atoms with Crippen molar-refractivity contribution in [2.75, 3.05) is 17.2 Å². The van der Waals surface area contributed by atoms with E-state index in [1.807, 2.05) is 85.1 Å². The summed E-state index contributed by atoms with van der Waals surface area (Å²) < 4.78 is 5.48. The number of carbonyl (C=O) groups is 2. The molecule has 0 aliphatic heterocycles. The maximum absolute atomic E-state index is 13.1. The number of aryl methyl sites for hydroxylation is 1. The lowest BCUT2D eigenvalue weighted by Crippen LogP contribution is -2.20. The topological polar surface area (TPSA) is 80.3 Å². The first-order valence-corrected chi connectivity index (χ1v) is 12.3. The third-order valence-corrected chi connectivity index (χ3v) is 6.84. The summed E-state index contributed by atoms with van der Waals surface area (Å²) in [5.74, 6) is 0.257. The number of aromatic nitrogens is 1. The number of nitrogens with zero attached hydrogens (tertiary/aromatic N) is 1. The first-order chi connectivity index (χ1) is 16.6. The van der Waals surface area contributed by atoms with Crippen molar-refractivity contribution in [3.8, 4) is 5.75 Å². The van der Waals surface area contributed by atoms with Gasteiger partial charge in [0.1, 0.15) is 11.0 Å². The quantitative estimate of drug-likeness (QED) is 0.284. The molecular formula is C26H23N3O3S2. The van der Waals surface area contributed by atoms with E-state index < -0.39 is 5.25 Å². The number of hydrogen-bond acceptors (Lipinski definition) is 6. The Morgan fingerprint density at radius 3 is 2.26 bits per heavy atom. The number of para-hydroxylation sites is 1. The maximum Gasteiger partial charge on any atom is 0.262 e. The summed E-state index contributed by atoms with van der Waals surface area (Å²) in [6.45, 7) is 1.82. The molecular weight excluding hydrogens is 466 g/mol. The van der Waals surface area contributed by atoms with E-state index in [4.69, 9.17) is 4.74 Å². The van der Waals surface area contributed by atoms with E-state index in [9.17, 15) is 9.59 Å². The molecule has 2 amide bonds. The smallest absolute Gasteiger partial charge is 0.262 e. The van der Waals surface area contributed by atoms with Gasteiger partial charge in [-0.05, 0) is 48.9 Å². The lowest BCUT2D eigenvalue weighted by Gasteiger charge is -2.16. The Labute approximate surface area is 206 Å². The molecule has 34 heavy (non-hydrogen) atoms. The van der Waals surface area contributed by atoms with Crippen molar-refractivity contribution in [3.05, 3.63) is 102 Å². The Bertz CT molecular complexity index is 1230. The van der Waals surface area contributed by atoms with Gasteiger partial charge in [-0.3, -0.25) is 9.59 Å². The Hall–Kier alpha value is -3.62. The summed E-state index contributed by atoms with van der Waals surface area (Å²) in [5, 5.41) is 7.78. The molecule has 0 radical (unpaired) electrons. The zero-order valence-corrected chi connectivity index (χ0v) is 20.1. The van der Waals surface area contributed by atoms with Crippen LogP contribution >= 0.6 is 23.1 Å². The lowest BCUT2D eigenvalue weighted by molar-refractivity contribution is -0.118. The fourth-order valence-electron chi connectivity index (χ4n) is 3.10. The standard InChI is InChI=1S/C26H23N3O3S2/c1-18-17-33-26(27-18)29-25(31)24(19-8-4-2-5-9-19)34-22-14-12-20(13-15-22)28-23(30)16-32-21-10-6-3-7-11-21/h2-15,17,24H,16H2,1H3,(H,28,30)(H,27,29,31).